The number of nitrogens with one attached hydrogen (secondary N) is 1. The third-order valence-corrected chi connectivity index (χ3v) is 5.39. The minimum Gasteiger partial charge on any atom is -0.302 e. The Kier molecular flexibility index (Phi) is 4.88. The first-order chi connectivity index (χ1) is 11.3. The van der Waals surface area contributed by atoms with Gasteiger partial charge in [-0.25, -0.2) is 4.39 Å². The maximum atomic E-state index is 13.9. The normalized spacial score (nSPS) is 22.5. The van der Waals surface area contributed by atoms with E-state index in [-0.39, 0.29) is 27.9 Å². The van der Waals surface area contributed by atoms with Crippen LogP contribution < -0.4 is 10.2 Å². The summed E-state index contributed by atoms with van der Waals surface area (Å²) in [7, 11) is 0. The lowest BCUT2D eigenvalue weighted by Gasteiger charge is -2.31. The number of hydrogen-bond donors (Lipinski definition) is 2. The van der Waals surface area contributed by atoms with E-state index in [1.807, 2.05) is 13.8 Å². The number of nitrogens with zero attached hydrogens (tertiary/aromatic N) is 2. The van der Waals surface area contributed by atoms with Crippen molar-refractivity contribution in [1.29, 1.82) is 0 Å². The molecule has 3 rings (SSSR count). The smallest absolute Gasteiger partial charge is 0.270 e. The van der Waals surface area contributed by atoms with E-state index >= 15 is 0 Å². The molecule has 0 saturated carbocycles. The van der Waals surface area contributed by atoms with Crippen LogP contribution in [0.25, 0.3) is 0 Å². The maximum absolute atomic E-state index is 13.9. The molecule has 1 aliphatic rings. The van der Waals surface area contributed by atoms with Crippen LogP contribution in [-0.4, -0.2) is 27.8 Å². The average molecular weight is 386 g/mol. The lowest BCUT2D eigenvalue weighted by atomic mass is 10.00. The summed E-state index contributed by atoms with van der Waals surface area (Å²) in [6.07, 6.45) is 2.20. The average Bonchev–Trinajstić information content (AvgIpc) is 3.06. The van der Waals surface area contributed by atoms with Gasteiger partial charge >= 0.3 is 0 Å². The standard InChI is InChI=1S/C16H17ClFN3OS2/c1-16(2)6-12(14(23)20-16)21(15(22)13-7-19-8-24-13)11-4-9(17)3-10(18)5-11/h3-5,7-8,12,14,20,23H,6H2,1-2H3/t12-,14-/m0/s1. The lowest BCUT2D eigenvalue weighted by molar-refractivity contribution is 0.0980. The minimum absolute atomic E-state index is 0.180. The fraction of sp³-hybridized carbons (Fsp3) is 0.375. The van der Waals surface area contributed by atoms with E-state index < -0.39 is 5.82 Å². The predicted octanol–water partition coefficient (Wildman–Crippen LogP) is 3.98. The van der Waals surface area contributed by atoms with Gasteiger partial charge in [0.05, 0.1) is 23.1 Å². The molecule has 1 saturated heterocycles. The van der Waals surface area contributed by atoms with Crippen molar-refractivity contribution in [3.8, 4) is 0 Å². The van der Waals surface area contributed by atoms with Crippen LogP contribution in [0, 0.1) is 5.82 Å². The number of thiazole rings is 1. The number of hydrogen-bond acceptors (Lipinski definition) is 5. The van der Waals surface area contributed by atoms with Crippen molar-refractivity contribution >= 4 is 47.2 Å². The molecule has 1 aromatic heterocycles. The summed E-state index contributed by atoms with van der Waals surface area (Å²) in [6.45, 7) is 4.09. The summed E-state index contributed by atoms with van der Waals surface area (Å²) in [5, 5.41) is 3.36. The molecule has 8 heteroatoms. The zero-order valence-corrected chi connectivity index (χ0v) is 15.6. The Bertz CT molecular complexity index is 734. The number of anilines is 1. The van der Waals surface area contributed by atoms with Crippen molar-refractivity contribution in [2.75, 3.05) is 4.90 Å². The van der Waals surface area contributed by atoms with Crippen molar-refractivity contribution in [2.24, 2.45) is 0 Å². The Labute approximate surface area is 154 Å². The second-order valence-corrected chi connectivity index (χ2v) is 8.29. The Hall–Kier alpha value is -1.15. The van der Waals surface area contributed by atoms with Gasteiger partial charge in [0.1, 0.15) is 10.7 Å². The van der Waals surface area contributed by atoms with Gasteiger partial charge in [0.2, 0.25) is 0 Å². The molecular weight excluding hydrogens is 369 g/mol. The number of carbonyl (C=O) groups is 1. The van der Waals surface area contributed by atoms with Crippen molar-refractivity contribution in [2.45, 2.75) is 37.2 Å². The largest absolute Gasteiger partial charge is 0.302 e. The first-order valence-corrected chi connectivity index (χ1v) is 9.18. The van der Waals surface area contributed by atoms with Gasteiger partial charge in [-0.2, -0.15) is 12.6 Å². The van der Waals surface area contributed by atoms with Crippen LogP contribution in [0.2, 0.25) is 5.02 Å². The first-order valence-electron chi connectivity index (χ1n) is 7.41. The molecule has 1 fully saturated rings. The van der Waals surface area contributed by atoms with Gasteiger partial charge in [0.15, 0.2) is 0 Å². The fourth-order valence-electron chi connectivity index (χ4n) is 3.00. The van der Waals surface area contributed by atoms with Gasteiger partial charge in [-0.1, -0.05) is 11.6 Å². The molecule has 24 heavy (non-hydrogen) atoms. The zero-order chi connectivity index (χ0) is 17.5. The Morgan fingerprint density at radius 2 is 2.25 bits per heavy atom. The van der Waals surface area contributed by atoms with Crippen molar-refractivity contribution in [3.63, 3.8) is 0 Å². The molecule has 2 atom stereocenters. The van der Waals surface area contributed by atoms with E-state index in [0.29, 0.717) is 17.0 Å². The zero-order valence-electron chi connectivity index (χ0n) is 13.2. The summed E-state index contributed by atoms with van der Waals surface area (Å²) in [4.78, 5) is 19.1. The van der Waals surface area contributed by atoms with Crippen LogP contribution in [0.3, 0.4) is 0 Å². The molecule has 128 valence electrons. The van der Waals surface area contributed by atoms with Crippen LogP contribution in [0.1, 0.15) is 29.9 Å². The predicted molar refractivity (Wildman–Crippen MR) is 98.7 cm³/mol. The molecule has 2 aromatic rings. The van der Waals surface area contributed by atoms with Crippen LogP contribution in [0.4, 0.5) is 10.1 Å². The summed E-state index contributed by atoms with van der Waals surface area (Å²) in [5.74, 6) is -0.719. The molecule has 0 aliphatic carbocycles. The summed E-state index contributed by atoms with van der Waals surface area (Å²) >= 11 is 11.8. The SMILES string of the molecule is CC1(C)C[C@H](N(C(=O)c2cncs2)c2cc(F)cc(Cl)c2)[C@H](S)N1. The van der Waals surface area contributed by atoms with Gasteiger partial charge in [-0.05, 0) is 38.5 Å². The Morgan fingerprint density at radius 1 is 1.50 bits per heavy atom. The highest BCUT2D eigenvalue weighted by molar-refractivity contribution is 7.81. The van der Waals surface area contributed by atoms with Crippen molar-refractivity contribution < 1.29 is 9.18 Å². The second kappa shape index (κ2) is 6.63. The second-order valence-electron chi connectivity index (χ2n) is 6.41. The molecule has 1 N–H and O–H groups in total. The van der Waals surface area contributed by atoms with Crippen LogP contribution >= 0.6 is 35.6 Å². The van der Waals surface area contributed by atoms with Gasteiger partial charge in [0, 0.05) is 16.2 Å². The molecule has 0 radical (unpaired) electrons. The fourth-order valence-corrected chi connectivity index (χ4v) is 4.36. The number of rotatable bonds is 3. The number of aromatic nitrogens is 1. The molecule has 1 aliphatic heterocycles. The van der Waals surface area contributed by atoms with E-state index in [4.69, 9.17) is 11.6 Å². The lowest BCUT2D eigenvalue weighted by Crippen LogP contribution is -2.45. The molecular formula is C16H17ClFN3OS2. The molecule has 0 bridgehead atoms. The third-order valence-electron chi connectivity index (χ3n) is 3.94. The molecule has 0 unspecified atom stereocenters. The number of benzene rings is 1. The van der Waals surface area contributed by atoms with E-state index in [1.165, 1.54) is 29.7 Å². The number of thiol groups is 1. The first kappa shape index (κ1) is 17.7. The van der Waals surface area contributed by atoms with E-state index in [2.05, 4.69) is 22.9 Å². The van der Waals surface area contributed by atoms with E-state index in [9.17, 15) is 9.18 Å². The molecule has 1 aromatic carbocycles. The Balaban J connectivity index is 2.06. The monoisotopic (exact) mass is 385 g/mol. The molecule has 0 spiro atoms. The van der Waals surface area contributed by atoms with Crippen LogP contribution in [-0.2, 0) is 0 Å². The highest BCUT2D eigenvalue weighted by Crippen LogP contribution is 2.34. The van der Waals surface area contributed by atoms with Gasteiger partial charge in [0.25, 0.3) is 5.91 Å². The highest BCUT2D eigenvalue weighted by atomic mass is 35.5. The van der Waals surface area contributed by atoms with Gasteiger partial charge in [-0.3, -0.25) is 15.1 Å². The summed E-state index contributed by atoms with van der Waals surface area (Å²) in [5.41, 5.74) is 1.83. The number of halogens is 2. The maximum Gasteiger partial charge on any atom is 0.270 e. The third kappa shape index (κ3) is 3.59. The molecule has 4 nitrogen and oxygen atoms in total. The number of amides is 1. The van der Waals surface area contributed by atoms with Gasteiger partial charge in [-0.15, -0.1) is 11.3 Å². The Morgan fingerprint density at radius 3 is 2.79 bits per heavy atom. The van der Waals surface area contributed by atoms with Crippen LogP contribution in [0.15, 0.2) is 29.9 Å². The van der Waals surface area contributed by atoms with Crippen molar-refractivity contribution in [3.05, 3.63) is 45.6 Å². The summed E-state index contributed by atoms with van der Waals surface area (Å²) < 4.78 is 13.9. The van der Waals surface area contributed by atoms with E-state index in [1.54, 1.807) is 16.5 Å². The highest BCUT2D eigenvalue weighted by Gasteiger charge is 2.42. The number of carbonyl (C=O) groups excluding carboxylic acids is 1. The minimum atomic E-state index is -0.486. The van der Waals surface area contributed by atoms with Gasteiger partial charge < -0.3 is 4.90 Å². The van der Waals surface area contributed by atoms with E-state index in [0.717, 1.165) is 0 Å². The summed E-state index contributed by atoms with van der Waals surface area (Å²) in [6, 6.07) is 3.89. The van der Waals surface area contributed by atoms with Crippen LogP contribution in [0.5, 0.6) is 0 Å². The van der Waals surface area contributed by atoms with Crippen molar-refractivity contribution in [1.82, 2.24) is 10.3 Å². The molecule has 2 heterocycles. The topological polar surface area (TPSA) is 45.2 Å². The molecule has 1 amide bonds. The quantitative estimate of drug-likeness (QED) is 0.785.